The molecule has 0 bridgehead atoms. The molecule has 1 aliphatic rings. The van der Waals surface area contributed by atoms with Crippen LogP contribution < -0.4 is 10.1 Å². The molecule has 0 aromatic heterocycles. The predicted molar refractivity (Wildman–Crippen MR) is 85.5 cm³/mol. The normalized spacial score (nSPS) is 14.2. The molecular formula is C16H14BrClFNO. The molecule has 1 fully saturated rings. The second-order valence-corrected chi connectivity index (χ2v) is 6.38. The van der Waals surface area contributed by atoms with Gasteiger partial charge in [-0.15, -0.1) is 0 Å². The van der Waals surface area contributed by atoms with Crippen LogP contribution in [0.15, 0.2) is 40.9 Å². The molecule has 0 spiro atoms. The molecule has 0 unspecified atom stereocenters. The van der Waals surface area contributed by atoms with Crippen LogP contribution in [0.1, 0.15) is 18.4 Å². The fourth-order valence-corrected chi connectivity index (χ4v) is 2.73. The molecule has 2 nitrogen and oxygen atoms in total. The largest absolute Gasteiger partial charge is 0.452 e. The molecule has 2 aromatic carbocycles. The van der Waals surface area contributed by atoms with E-state index in [0.29, 0.717) is 23.4 Å². The van der Waals surface area contributed by atoms with E-state index in [1.54, 1.807) is 18.2 Å². The zero-order valence-corrected chi connectivity index (χ0v) is 13.5. The Kier molecular flexibility index (Phi) is 4.48. The molecule has 1 aliphatic carbocycles. The van der Waals surface area contributed by atoms with Crippen molar-refractivity contribution in [3.63, 3.8) is 0 Å². The van der Waals surface area contributed by atoms with Crippen molar-refractivity contribution in [2.75, 3.05) is 0 Å². The van der Waals surface area contributed by atoms with Crippen LogP contribution in [-0.4, -0.2) is 6.04 Å². The molecule has 1 saturated carbocycles. The van der Waals surface area contributed by atoms with E-state index in [2.05, 4.69) is 21.2 Å². The Morgan fingerprint density at radius 3 is 2.81 bits per heavy atom. The van der Waals surface area contributed by atoms with Gasteiger partial charge in [-0.3, -0.25) is 0 Å². The van der Waals surface area contributed by atoms with Gasteiger partial charge in [0, 0.05) is 22.6 Å². The topological polar surface area (TPSA) is 21.3 Å². The van der Waals surface area contributed by atoms with Crippen LogP contribution in [0.4, 0.5) is 4.39 Å². The molecular weight excluding hydrogens is 357 g/mol. The fourth-order valence-electron chi connectivity index (χ4n) is 2.02. The van der Waals surface area contributed by atoms with Crippen LogP contribution in [-0.2, 0) is 6.54 Å². The van der Waals surface area contributed by atoms with Crippen molar-refractivity contribution < 1.29 is 9.13 Å². The van der Waals surface area contributed by atoms with Gasteiger partial charge in [-0.1, -0.05) is 39.7 Å². The Morgan fingerprint density at radius 2 is 2.10 bits per heavy atom. The number of hydrogen-bond acceptors (Lipinski definition) is 2. The summed E-state index contributed by atoms with van der Waals surface area (Å²) in [6.07, 6.45) is 2.37. The minimum atomic E-state index is -0.385. The number of hydrogen-bond donors (Lipinski definition) is 1. The van der Waals surface area contributed by atoms with Crippen molar-refractivity contribution in [2.45, 2.75) is 25.4 Å². The molecule has 0 saturated heterocycles. The van der Waals surface area contributed by atoms with E-state index >= 15 is 0 Å². The van der Waals surface area contributed by atoms with Crippen LogP contribution in [0.25, 0.3) is 0 Å². The maximum atomic E-state index is 14.1. The first-order chi connectivity index (χ1) is 10.1. The molecule has 21 heavy (non-hydrogen) atoms. The molecule has 0 amide bonds. The summed E-state index contributed by atoms with van der Waals surface area (Å²) in [7, 11) is 0. The molecule has 0 radical (unpaired) electrons. The fraction of sp³-hybridized carbons (Fsp3) is 0.250. The first-order valence-electron chi connectivity index (χ1n) is 6.77. The van der Waals surface area contributed by atoms with Gasteiger partial charge in [0.2, 0.25) is 0 Å². The summed E-state index contributed by atoms with van der Waals surface area (Å²) >= 11 is 9.46. The van der Waals surface area contributed by atoms with Crippen molar-refractivity contribution in [2.24, 2.45) is 0 Å². The Bertz CT molecular complexity index is 661. The highest BCUT2D eigenvalue weighted by atomic mass is 79.9. The number of benzene rings is 2. The van der Waals surface area contributed by atoms with Crippen molar-refractivity contribution in [1.29, 1.82) is 0 Å². The molecule has 0 atom stereocenters. The molecule has 110 valence electrons. The minimum Gasteiger partial charge on any atom is -0.452 e. The summed E-state index contributed by atoms with van der Waals surface area (Å²) in [6.45, 7) is 0.589. The average Bonchev–Trinajstić information content (AvgIpc) is 3.26. The average molecular weight is 371 g/mol. The highest BCUT2D eigenvalue weighted by Crippen LogP contribution is 2.35. The Morgan fingerprint density at radius 1 is 1.29 bits per heavy atom. The first-order valence-corrected chi connectivity index (χ1v) is 7.94. The minimum absolute atomic E-state index is 0.231. The van der Waals surface area contributed by atoms with Gasteiger partial charge in [-0.25, -0.2) is 4.39 Å². The number of ether oxygens (including phenoxy) is 1. The second-order valence-electron chi connectivity index (χ2n) is 5.06. The third kappa shape index (κ3) is 3.76. The van der Waals surface area contributed by atoms with Crippen LogP contribution >= 0.6 is 27.5 Å². The van der Waals surface area contributed by atoms with E-state index in [1.807, 2.05) is 12.1 Å². The summed E-state index contributed by atoms with van der Waals surface area (Å²) in [5.41, 5.74) is 0.792. The lowest BCUT2D eigenvalue weighted by Crippen LogP contribution is -2.16. The Labute approximate surface area is 136 Å². The lowest BCUT2D eigenvalue weighted by atomic mass is 10.2. The third-order valence-electron chi connectivity index (χ3n) is 3.31. The third-order valence-corrected chi connectivity index (χ3v) is 4.10. The lowest BCUT2D eigenvalue weighted by molar-refractivity contribution is 0.433. The summed E-state index contributed by atoms with van der Waals surface area (Å²) in [5, 5.41) is 3.80. The standard InChI is InChI=1S/C16H14BrClFNO/c17-11-4-7-15(13(18)8-11)21-16-10(2-1-3-14(16)19)9-20-12-5-6-12/h1-4,7-8,12,20H,5-6,9H2. The number of para-hydroxylation sites is 1. The van der Waals surface area contributed by atoms with Crippen molar-refractivity contribution in [3.8, 4) is 11.5 Å². The van der Waals surface area contributed by atoms with Gasteiger partial charge in [0.05, 0.1) is 5.02 Å². The van der Waals surface area contributed by atoms with E-state index in [0.717, 1.165) is 10.0 Å². The summed E-state index contributed by atoms with van der Waals surface area (Å²) in [5.74, 6) is 0.289. The zero-order valence-electron chi connectivity index (χ0n) is 11.2. The quantitative estimate of drug-likeness (QED) is 0.772. The molecule has 3 rings (SSSR count). The number of halogens is 3. The molecule has 0 heterocycles. The number of nitrogens with one attached hydrogen (secondary N) is 1. The highest BCUT2D eigenvalue weighted by molar-refractivity contribution is 9.10. The smallest absolute Gasteiger partial charge is 0.167 e. The molecule has 0 aliphatic heterocycles. The van der Waals surface area contributed by atoms with Crippen LogP contribution in [0.2, 0.25) is 5.02 Å². The van der Waals surface area contributed by atoms with Gasteiger partial charge in [-0.2, -0.15) is 0 Å². The lowest BCUT2D eigenvalue weighted by Gasteiger charge is -2.13. The van der Waals surface area contributed by atoms with Crippen LogP contribution in [0, 0.1) is 5.82 Å². The predicted octanol–water partition coefficient (Wildman–Crippen LogP) is 5.29. The van der Waals surface area contributed by atoms with Gasteiger partial charge < -0.3 is 10.1 Å². The molecule has 5 heteroatoms. The summed E-state index contributed by atoms with van der Waals surface area (Å²) in [6, 6.07) is 10.7. The Hall–Kier alpha value is -1.10. The SMILES string of the molecule is Fc1cccc(CNC2CC2)c1Oc1ccc(Br)cc1Cl. The van der Waals surface area contributed by atoms with Crippen molar-refractivity contribution >= 4 is 27.5 Å². The summed E-state index contributed by atoms with van der Waals surface area (Å²) < 4.78 is 20.6. The van der Waals surface area contributed by atoms with Gasteiger partial charge in [-0.05, 0) is 37.1 Å². The maximum absolute atomic E-state index is 14.1. The summed E-state index contributed by atoms with van der Waals surface area (Å²) in [4.78, 5) is 0. The Balaban J connectivity index is 1.85. The van der Waals surface area contributed by atoms with E-state index in [1.165, 1.54) is 18.9 Å². The van der Waals surface area contributed by atoms with Crippen LogP contribution in [0.3, 0.4) is 0 Å². The van der Waals surface area contributed by atoms with Gasteiger partial charge >= 0.3 is 0 Å². The van der Waals surface area contributed by atoms with E-state index in [-0.39, 0.29) is 11.6 Å². The van der Waals surface area contributed by atoms with Crippen molar-refractivity contribution in [3.05, 3.63) is 57.3 Å². The molecule has 2 aromatic rings. The van der Waals surface area contributed by atoms with Crippen molar-refractivity contribution in [1.82, 2.24) is 5.32 Å². The van der Waals surface area contributed by atoms with Gasteiger partial charge in [0.1, 0.15) is 5.75 Å². The monoisotopic (exact) mass is 369 g/mol. The van der Waals surface area contributed by atoms with Crippen LogP contribution in [0.5, 0.6) is 11.5 Å². The van der Waals surface area contributed by atoms with E-state index in [9.17, 15) is 4.39 Å². The van der Waals surface area contributed by atoms with E-state index in [4.69, 9.17) is 16.3 Å². The first kappa shape index (κ1) is 14.8. The highest BCUT2D eigenvalue weighted by Gasteiger charge is 2.21. The van der Waals surface area contributed by atoms with Gasteiger partial charge in [0.25, 0.3) is 0 Å². The maximum Gasteiger partial charge on any atom is 0.167 e. The zero-order chi connectivity index (χ0) is 14.8. The second kappa shape index (κ2) is 6.34. The van der Waals surface area contributed by atoms with E-state index < -0.39 is 0 Å². The van der Waals surface area contributed by atoms with Gasteiger partial charge in [0.15, 0.2) is 11.6 Å². The molecule has 1 N–H and O–H groups in total. The number of rotatable bonds is 5.